The molecular formula is C26H20FNO4. The van der Waals surface area contributed by atoms with Gasteiger partial charge in [0, 0.05) is 24.4 Å². The molecule has 0 aromatic heterocycles. The standard InChI is InChI=1S/C26H20FNO4/c27-24-14-17(13-18(15-29)25(24)30)7-5-6-12-28-26(31)32-16-23-21-10-3-1-8-19(21)20-9-2-4-11-22(20)23/h1-4,8-11,13-15,23,30H,6,12,16H2,(H,28,31). The molecule has 160 valence electrons. The van der Waals surface area contributed by atoms with Crippen molar-refractivity contribution in [2.45, 2.75) is 12.3 Å². The number of hydrogen-bond acceptors (Lipinski definition) is 4. The molecule has 4 rings (SSSR count). The normalized spacial score (nSPS) is 11.7. The summed E-state index contributed by atoms with van der Waals surface area (Å²) in [7, 11) is 0. The molecule has 32 heavy (non-hydrogen) atoms. The van der Waals surface area contributed by atoms with E-state index in [1.807, 2.05) is 24.3 Å². The highest BCUT2D eigenvalue weighted by molar-refractivity contribution is 5.80. The van der Waals surface area contributed by atoms with Crippen LogP contribution in [0.1, 0.15) is 39.4 Å². The molecule has 0 atom stereocenters. The van der Waals surface area contributed by atoms with Crippen LogP contribution >= 0.6 is 0 Å². The maximum atomic E-state index is 13.6. The summed E-state index contributed by atoms with van der Waals surface area (Å²) in [5.74, 6) is 3.89. The number of aldehydes is 1. The van der Waals surface area contributed by atoms with E-state index in [-0.39, 0.29) is 30.2 Å². The molecule has 0 radical (unpaired) electrons. The van der Waals surface area contributed by atoms with Crippen LogP contribution < -0.4 is 5.32 Å². The first kappa shape index (κ1) is 21.1. The van der Waals surface area contributed by atoms with Crippen molar-refractivity contribution in [2.75, 3.05) is 13.2 Å². The third-order valence-electron chi connectivity index (χ3n) is 5.32. The maximum Gasteiger partial charge on any atom is 0.407 e. The van der Waals surface area contributed by atoms with Crippen LogP contribution in [0.15, 0.2) is 60.7 Å². The first-order valence-electron chi connectivity index (χ1n) is 10.1. The van der Waals surface area contributed by atoms with Crippen LogP contribution in [0.2, 0.25) is 0 Å². The fourth-order valence-electron chi connectivity index (χ4n) is 3.82. The van der Waals surface area contributed by atoms with E-state index in [4.69, 9.17) is 4.74 Å². The van der Waals surface area contributed by atoms with Crippen LogP contribution in [0, 0.1) is 17.7 Å². The van der Waals surface area contributed by atoms with Gasteiger partial charge in [-0.25, -0.2) is 9.18 Å². The fourth-order valence-corrected chi connectivity index (χ4v) is 3.82. The Kier molecular flexibility index (Phi) is 6.18. The number of rotatable bonds is 5. The van der Waals surface area contributed by atoms with Gasteiger partial charge < -0.3 is 15.2 Å². The molecule has 6 heteroatoms. The number of carbonyl (C=O) groups is 2. The molecule has 5 nitrogen and oxygen atoms in total. The molecular weight excluding hydrogens is 409 g/mol. The smallest absolute Gasteiger partial charge is 0.407 e. The predicted octanol–water partition coefficient (Wildman–Crippen LogP) is 4.62. The van der Waals surface area contributed by atoms with Crippen molar-refractivity contribution in [3.05, 3.63) is 88.7 Å². The number of phenols is 1. The summed E-state index contributed by atoms with van der Waals surface area (Å²) >= 11 is 0. The lowest BCUT2D eigenvalue weighted by molar-refractivity contribution is 0.112. The van der Waals surface area contributed by atoms with E-state index < -0.39 is 17.7 Å². The Morgan fingerprint density at radius 2 is 1.75 bits per heavy atom. The van der Waals surface area contributed by atoms with Gasteiger partial charge in [0.25, 0.3) is 0 Å². The Balaban J connectivity index is 1.30. The monoisotopic (exact) mass is 429 g/mol. The van der Waals surface area contributed by atoms with Crippen molar-refractivity contribution in [1.29, 1.82) is 0 Å². The molecule has 3 aromatic carbocycles. The first-order chi connectivity index (χ1) is 15.6. The number of phenolic OH excluding ortho intramolecular Hbond substituents is 1. The summed E-state index contributed by atoms with van der Waals surface area (Å²) in [5, 5.41) is 12.1. The number of ether oxygens (including phenoxy) is 1. The zero-order chi connectivity index (χ0) is 22.5. The minimum absolute atomic E-state index is 0.00986. The van der Waals surface area contributed by atoms with Crippen LogP contribution in [0.25, 0.3) is 11.1 Å². The Hall–Kier alpha value is -4.11. The van der Waals surface area contributed by atoms with Crippen molar-refractivity contribution in [1.82, 2.24) is 5.32 Å². The first-order valence-corrected chi connectivity index (χ1v) is 10.1. The SMILES string of the molecule is O=Cc1cc(C#CCCNC(=O)OCC2c3ccccc3-c3ccccc32)cc(F)c1O. The third kappa shape index (κ3) is 4.33. The van der Waals surface area contributed by atoms with Crippen LogP contribution in [0.4, 0.5) is 9.18 Å². The zero-order valence-corrected chi connectivity index (χ0v) is 17.1. The zero-order valence-electron chi connectivity index (χ0n) is 17.1. The Morgan fingerprint density at radius 3 is 2.41 bits per heavy atom. The molecule has 0 heterocycles. The topological polar surface area (TPSA) is 75.6 Å². The van der Waals surface area contributed by atoms with Gasteiger partial charge >= 0.3 is 6.09 Å². The largest absolute Gasteiger partial charge is 0.504 e. The number of hydrogen-bond donors (Lipinski definition) is 2. The Bertz CT molecular complexity index is 1200. The highest BCUT2D eigenvalue weighted by Crippen LogP contribution is 2.44. The number of halogens is 1. The van der Waals surface area contributed by atoms with Gasteiger partial charge in [-0.1, -0.05) is 60.4 Å². The van der Waals surface area contributed by atoms with Gasteiger partial charge in [0.15, 0.2) is 17.9 Å². The van der Waals surface area contributed by atoms with Gasteiger partial charge in [-0.2, -0.15) is 0 Å². The number of carbonyl (C=O) groups excluding carboxylic acids is 2. The number of nitrogens with one attached hydrogen (secondary N) is 1. The molecule has 0 saturated heterocycles. The van der Waals surface area contributed by atoms with E-state index in [1.54, 1.807) is 0 Å². The quantitative estimate of drug-likeness (QED) is 0.352. The second-order valence-corrected chi connectivity index (χ2v) is 7.32. The lowest BCUT2D eigenvalue weighted by atomic mass is 9.98. The van der Waals surface area contributed by atoms with E-state index >= 15 is 0 Å². The molecule has 1 amide bonds. The number of benzene rings is 3. The summed E-state index contributed by atoms with van der Waals surface area (Å²) in [6.07, 6.45) is 0.137. The molecule has 2 N–H and O–H groups in total. The molecule has 0 spiro atoms. The molecule has 1 aliphatic rings. The molecule has 0 unspecified atom stereocenters. The van der Waals surface area contributed by atoms with Crippen molar-refractivity contribution in [2.24, 2.45) is 0 Å². The highest BCUT2D eigenvalue weighted by Gasteiger charge is 2.28. The summed E-state index contributed by atoms with van der Waals surface area (Å²) in [4.78, 5) is 23.0. The van der Waals surface area contributed by atoms with Crippen molar-refractivity contribution < 1.29 is 23.8 Å². The third-order valence-corrected chi connectivity index (χ3v) is 5.32. The van der Waals surface area contributed by atoms with Crippen molar-refractivity contribution >= 4 is 12.4 Å². The Labute approximate surface area is 184 Å². The van der Waals surface area contributed by atoms with Gasteiger partial charge in [-0.3, -0.25) is 4.79 Å². The Morgan fingerprint density at radius 1 is 1.09 bits per heavy atom. The minimum atomic E-state index is -0.907. The minimum Gasteiger partial charge on any atom is -0.504 e. The van der Waals surface area contributed by atoms with E-state index in [9.17, 15) is 19.1 Å². The van der Waals surface area contributed by atoms with Gasteiger partial charge in [-0.15, -0.1) is 0 Å². The molecule has 0 fully saturated rings. The van der Waals surface area contributed by atoms with Crippen LogP contribution in [-0.4, -0.2) is 30.6 Å². The molecule has 1 aliphatic carbocycles. The average molecular weight is 429 g/mol. The van der Waals surface area contributed by atoms with Crippen molar-refractivity contribution in [3.63, 3.8) is 0 Å². The highest BCUT2D eigenvalue weighted by atomic mass is 19.1. The summed E-state index contributed by atoms with van der Waals surface area (Å²) in [5.41, 5.74) is 4.72. The molecule has 3 aromatic rings. The number of aromatic hydroxyl groups is 1. The van der Waals surface area contributed by atoms with Gasteiger partial charge in [0.2, 0.25) is 0 Å². The van der Waals surface area contributed by atoms with Gasteiger partial charge in [0.1, 0.15) is 6.61 Å². The van der Waals surface area contributed by atoms with Crippen molar-refractivity contribution in [3.8, 4) is 28.7 Å². The molecule has 0 bridgehead atoms. The number of amides is 1. The van der Waals surface area contributed by atoms with Gasteiger partial charge in [-0.05, 0) is 34.4 Å². The average Bonchev–Trinajstić information content (AvgIpc) is 3.13. The fraction of sp³-hybridized carbons (Fsp3) is 0.154. The summed E-state index contributed by atoms with van der Waals surface area (Å²) < 4.78 is 19.0. The van der Waals surface area contributed by atoms with E-state index in [2.05, 4.69) is 41.4 Å². The van der Waals surface area contributed by atoms with Crippen LogP contribution in [0.5, 0.6) is 5.75 Å². The lowest BCUT2D eigenvalue weighted by Gasteiger charge is -2.14. The second kappa shape index (κ2) is 9.36. The second-order valence-electron chi connectivity index (χ2n) is 7.32. The number of alkyl carbamates (subject to hydrolysis) is 1. The van der Waals surface area contributed by atoms with E-state index in [1.165, 1.54) is 6.07 Å². The van der Waals surface area contributed by atoms with Gasteiger partial charge in [0.05, 0.1) is 5.56 Å². The predicted molar refractivity (Wildman–Crippen MR) is 118 cm³/mol. The molecule has 0 saturated carbocycles. The van der Waals surface area contributed by atoms with Crippen LogP contribution in [0.3, 0.4) is 0 Å². The molecule has 0 aliphatic heterocycles. The maximum absolute atomic E-state index is 13.6. The lowest BCUT2D eigenvalue weighted by Crippen LogP contribution is -2.26. The van der Waals surface area contributed by atoms with E-state index in [0.717, 1.165) is 28.3 Å². The summed E-state index contributed by atoms with van der Waals surface area (Å²) in [6.45, 7) is 0.484. The number of fused-ring (bicyclic) bond motifs is 3. The summed E-state index contributed by atoms with van der Waals surface area (Å²) in [6, 6.07) is 18.6. The van der Waals surface area contributed by atoms with E-state index in [0.29, 0.717) is 12.7 Å². The van der Waals surface area contributed by atoms with Crippen LogP contribution in [-0.2, 0) is 4.74 Å².